The molecule has 1 heterocycles. The molecule has 0 saturated carbocycles. The van der Waals surface area contributed by atoms with E-state index in [-0.39, 0.29) is 0 Å². The highest BCUT2D eigenvalue weighted by Gasteiger charge is 2.32. The summed E-state index contributed by atoms with van der Waals surface area (Å²) in [4.78, 5) is 12.1. The molecule has 1 aliphatic rings. The molecular weight excluding hydrogens is 356 g/mol. The molecule has 0 bridgehead atoms. The van der Waals surface area contributed by atoms with Crippen LogP contribution in [0.2, 0.25) is 0 Å². The van der Waals surface area contributed by atoms with E-state index in [4.69, 9.17) is 21.7 Å². The normalized spacial score (nSPS) is 17.9. The molecule has 2 rings (SSSR count). The standard InChI is InChI=1S/C14H15BrN2O3S/c1-7-11(13(18)20-3)12(17-14(21)16-7)9-6-8(15)4-5-10(9)19-2/h4-6,12H,1-3H3,(H2,16,17,21)/t12-/m0/s1. The Balaban J connectivity index is 2.59. The van der Waals surface area contributed by atoms with E-state index in [9.17, 15) is 4.79 Å². The molecule has 112 valence electrons. The smallest absolute Gasteiger partial charge is 0.337 e. The summed E-state index contributed by atoms with van der Waals surface area (Å²) in [5, 5.41) is 6.49. The van der Waals surface area contributed by atoms with Crippen molar-refractivity contribution in [1.82, 2.24) is 10.6 Å². The number of nitrogens with one attached hydrogen (secondary N) is 2. The van der Waals surface area contributed by atoms with E-state index in [1.165, 1.54) is 7.11 Å². The average Bonchev–Trinajstić information content (AvgIpc) is 2.45. The highest BCUT2D eigenvalue weighted by Crippen LogP contribution is 2.35. The van der Waals surface area contributed by atoms with E-state index >= 15 is 0 Å². The van der Waals surface area contributed by atoms with Crippen molar-refractivity contribution in [2.45, 2.75) is 13.0 Å². The molecule has 0 saturated heterocycles. The van der Waals surface area contributed by atoms with E-state index in [1.807, 2.05) is 18.2 Å². The molecule has 21 heavy (non-hydrogen) atoms. The van der Waals surface area contributed by atoms with Crippen molar-refractivity contribution < 1.29 is 14.3 Å². The largest absolute Gasteiger partial charge is 0.496 e. The number of methoxy groups -OCH3 is 2. The third-order valence-electron chi connectivity index (χ3n) is 3.18. The van der Waals surface area contributed by atoms with Crippen molar-refractivity contribution in [1.29, 1.82) is 0 Å². The Morgan fingerprint density at radius 1 is 1.38 bits per heavy atom. The zero-order valence-corrected chi connectivity index (χ0v) is 14.2. The SMILES string of the molecule is COC(=O)C1=C(C)NC(=S)N[C@H]1c1cc(Br)ccc1OC. The molecule has 0 spiro atoms. The van der Waals surface area contributed by atoms with Crippen LogP contribution in [0.3, 0.4) is 0 Å². The topological polar surface area (TPSA) is 59.6 Å². The van der Waals surface area contributed by atoms with Crippen LogP contribution < -0.4 is 15.4 Å². The van der Waals surface area contributed by atoms with Gasteiger partial charge in [0.05, 0.1) is 25.8 Å². The van der Waals surface area contributed by atoms with Crippen LogP contribution in [0, 0.1) is 0 Å². The van der Waals surface area contributed by atoms with Crippen molar-refractivity contribution in [2.24, 2.45) is 0 Å². The zero-order valence-electron chi connectivity index (χ0n) is 11.8. The molecule has 5 nitrogen and oxygen atoms in total. The summed E-state index contributed by atoms with van der Waals surface area (Å²) >= 11 is 8.62. The Kier molecular flexibility index (Phi) is 4.84. The van der Waals surface area contributed by atoms with Crippen molar-refractivity contribution in [2.75, 3.05) is 14.2 Å². The van der Waals surface area contributed by atoms with Gasteiger partial charge in [0.1, 0.15) is 5.75 Å². The van der Waals surface area contributed by atoms with Crippen molar-refractivity contribution in [3.05, 3.63) is 39.5 Å². The second-order valence-corrected chi connectivity index (χ2v) is 5.77. The fraction of sp³-hybridized carbons (Fsp3) is 0.286. The molecule has 0 amide bonds. The lowest BCUT2D eigenvalue weighted by atomic mass is 9.95. The Labute approximate surface area is 136 Å². The van der Waals surface area contributed by atoms with Crippen LogP contribution in [0.4, 0.5) is 0 Å². The van der Waals surface area contributed by atoms with Gasteiger partial charge in [-0.05, 0) is 37.3 Å². The minimum atomic E-state index is -0.432. The first-order chi connectivity index (χ1) is 9.97. The van der Waals surface area contributed by atoms with Gasteiger partial charge in [-0.2, -0.15) is 0 Å². The van der Waals surface area contributed by atoms with Crippen molar-refractivity contribution >= 4 is 39.2 Å². The molecule has 0 radical (unpaired) electrons. The molecule has 1 atom stereocenters. The van der Waals surface area contributed by atoms with Crippen LogP contribution in [0.5, 0.6) is 5.75 Å². The molecule has 0 fully saturated rings. The predicted molar refractivity (Wildman–Crippen MR) is 87.0 cm³/mol. The van der Waals surface area contributed by atoms with Crippen LogP contribution in [0.25, 0.3) is 0 Å². The lowest BCUT2D eigenvalue weighted by molar-refractivity contribution is -0.136. The first kappa shape index (κ1) is 15.8. The number of hydrogen-bond acceptors (Lipinski definition) is 4. The number of allylic oxidation sites excluding steroid dienone is 1. The Morgan fingerprint density at radius 3 is 2.71 bits per heavy atom. The highest BCUT2D eigenvalue weighted by molar-refractivity contribution is 9.10. The molecule has 1 aliphatic heterocycles. The minimum Gasteiger partial charge on any atom is -0.496 e. The van der Waals surface area contributed by atoms with Crippen LogP contribution in [0.1, 0.15) is 18.5 Å². The van der Waals surface area contributed by atoms with Gasteiger partial charge in [0, 0.05) is 15.7 Å². The van der Waals surface area contributed by atoms with Gasteiger partial charge in [0.25, 0.3) is 0 Å². The lowest BCUT2D eigenvalue weighted by Gasteiger charge is -2.30. The van der Waals surface area contributed by atoms with E-state index < -0.39 is 12.0 Å². The summed E-state index contributed by atoms with van der Waals surface area (Å²) in [6, 6.07) is 5.16. The number of carbonyl (C=O) groups is 1. The van der Waals surface area contributed by atoms with E-state index in [1.54, 1.807) is 14.0 Å². The Hall–Kier alpha value is -1.60. The van der Waals surface area contributed by atoms with Gasteiger partial charge >= 0.3 is 5.97 Å². The van der Waals surface area contributed by atoms with Crippen LogP contribution >= 0.6 is 28.1 Å². The third-order valence-corrected chi connectivity index (χ3v) is 3.89. The van der Waals surface area contributed by atoms with Gasteiger partial charge < -0.3 is 20.1 Å². The first-order valence-corrected chi connectivity index (χ1v) is 7.38. The monoisotopic (exact) mass is 370 g/mol. The number of esters is 1. The summed E-state index contributed by atoms with van der Waals surface area (Å²) < 4.78 is 11.1. The van der Waals surface area contributed by atoms with E-state index in [0.29, 0.717) is 22.1 Å². The summed E-state index contributed by atoms with van der Waals surface area (Å²) in [5.74, 6) is 0.247. The molecule has 1 aromatic carbocycles. The average molecular weight is 371 g/mol. The van der Waals surface area contributed by atoms with E-state index in [2.05, 4.69) is 26.6 Å². The molecule has 0 aromatic heterocycles. The fourth-order valence-electron chi connectivity index (χ4n) is 2.24. The molecule has 0 aliphatic carbocycles. The fourth-order valence-corrected chi connectivity index (χ4v) is 2.89. The number of ether oxygens (including phenoxy) is 2. The summed E-state index contributed by atoms with van der Waals surface area (Å²) in [6.07, 6.45) is 0. The van der Waals surface area contributed by atoms with Gasteiger partial charge in [0.2, 0.25) is 0 Å². The summed E-state index contributed by atoms with van der Waals surface area (Å²) in [5.41, 5.74) is 1.94. The summed E-state index contributed by atoms with van der Waals surface area (Å²) in [6.45, 7) is 1.79. The summed E-state index contributed by atoms with van der Waals surface area (Å²) in [7, 11) is 2.94. The van der Waals surface area contributed by atoms with Crippen molar-refractivity contribution in [3.63, 3.8) is 0 Å². The van der Waals surface area contributed by atoms with Gasteiger partial charge in [0.15, 0.2) is 5.11 Å². The Morgan fingerprint density at radius 2 is 2.10 bits per heavy atom. The molecule has 1 aromatic rings. The van der Waals surface area contributed by atoms with Crippen LogP contribution in [-0.2, 0) is 9.53 Å². The van der Waals surface area contributed by atoms with Gasteiger partial charge in [-0.15, -0.1) is 0 Å². The quantitative estimate of drug-likeness (QED) is 0.629. The van der Waals surface area contributed by atoms with Gasteiger partial charge in [-0.1, -0.05) is 15.9 Å². The highest BCUT2D eigenvalue weighted by atomic mass is 79.9. The lowest BCUT2D eigenvalue weighted by Crippen LogP contribution is -2.45. The number of hydrogen-bond donors (Lipinski definition) is 2. The minimum absolute atomic E-state index is 0.415. The second kappa shape index (κ2) is 6.44. The number of halogens is 1. The molecule has 7 heteroatoms. The number of benzene rings is 1. The number of thiocarbonyl (C=S) groups is 1. The zero-order chi connectivity index (χ0) is 15.6. The molecule has 0 unspecified atom stereocenters. The van der Waals surface area contributed by atoms with E-state index in [0.717, 1.165) is 10.0 Å². The maximum atomic E-state index is 12.1. The van der Waals surface area contributed by atoms with Crippen LogP contribution in [0.15, 0.2) is 33.9 Å². The second-order valence-electron chi connectivity index (χ2n) is 4.45. The molecular formula is C14H15BrN2O3S. The number of carbonyl (C=O) groups excluding carboxylic acids is 1. The molecule has 2 N–H and O–H groups in total. The van der Waals surface area contributed by atoms with Gasteiger partial charge in [-0.3, -0.25) is 0 Å². The van der Waals surface area contributed by atoms with Crippen LogP contribution in [-0.4, -0.2) is 25.3 Å². The maximum Gasteiger partial charge on any atom is 0.337 e. The Bertz CT molecular complexity index is 631. The van der Waals surface area contributed by atoms with Gasteiger partial charge in [-0.25, -0.2) is 4.79 Å². The maximum absolute atomic E-state index is 12.1. The van der Waals surface area contributed by atoms with Crippen molar-refractivity contribution in [3.8, 4) is 5.75 Å². The predicted octanol–water partition coefficient (Wildman–Crippen LogP) is 2.42. The third kappa shape index (κ3) is 3.19. The number of rotatable bonds is 3. The first-order valence-electron chi connectivity index (χ1n) is 6.18.